The van der Waals surface area contributed by atoms with Crippen LogP contribution in [0.5, 0.6) is 5.75 Å². The fourth-order valence-corrected chi connectivity index (χ4v) is 4.69. The van der Waals surface area contributed by atoms with Gasteiger partial charge >= 0.3 is 0 Å². The van der Waals surface area contributed by atoms with Gasteiger partial charge in [-0.05, 0) is 57.1 Å². The standard InChI is InChI=1S/C28H33ClN6O3/c1-5-23(30)25(17(3)36)26-16(2)28(35-13-18-7-6-10-32-24(18)14-35)34-27(33-26)21-11-20(8-9-22(21)29)38-15-19(37)12-31-4/h6-11,19,30-31,36-37H,5,12-15H2,1-4H3/b25-17+,30-23?/t19-/m1/s1. The lowest BCUT2D eigenvalue weighted by Gasteiger charge is -2.23. The van der Waals surface area contributed by atoms with Gasteiger partial charge in [-0.3, -0.25) is 4.98 Å². The summed E-state index contributed by atoms with van der Waals surface area (Å²) < 4.78 is 5.80. The van der Waals surface area contributed by atoms with Crippen LogP contribution in [0.2, 0.25) is 5.02 Å². The van der Waals surface area contributed by atoms with Crippen molar-refractivity contribution in [1.29, 1.82) is 5.41 Å². The molecule has 0 saturated carbocycles. The molecule has 200 valence electrons. The SMILES string of the molecule is CCC(=N)/C(=C(/C)O)c1nc(-c2cc(OC[C@H](O)CNC)ccc2Cl)nc(N2Cc3cccnc3C2)c1C. The van der Waals surface area contributed by atoms with Gasteiger partial charge in [0, 0.05) is 36.1 Å². The molecule has 0 bridgehead atoms. The predicted octanol–water partition coefficient (Wildman–Crippen LogP) is 4.70. The van der Waals surface area contributed by atoms with Crippen LogP contribution in [-0.4, -0.2) is 57.2 Å². The molecular formula is C28H33ClN6O3. The van der Waals surface area contributed by atoms with Crippen molar-refractivity contribution in [2.24, 2.45) is 0 Å². The lowest BCUT2D eigenvalue weighted by atomic mass is 9.99. The molecule has 38 heavy (non-hydrogen) atoms. The Morgan fingerprint density at radius 1 is 1.26 bits per heavy atom. The molecule has 0 radical (unpaired) electrons. The zero-order valence-corrected chi connectivity index (χ0v) is 22.8. The molecule has 3 aromatic rings. The number of aromatic nitrogens is 3. The monoisotopic (exact) mass is 536 g/mol. The van der Waals surface area contributed by atoms with Gasteiger partial charge in [0.1, 0.15) is 30.0 Å². The molecule has 0 saturated heterocycles. The predicted molar refractivity (Wildman–Crippen MR) is 150 cm³/mol. The average molecular weight is 537 g/mol. The fourth-order valence-electron chi connectivity index (χ4n) is 4.49. The van der Waals surface area contributed by atoms with E-state index in [0.717, 1.165) is 16.8 Å². The highest BCUT2D eigenvalue weighted by atomic mass is 35.5. The first kappa shape index (κ1) is 27.5. The van der Waals surface area contributed by atoms with E-state index in [9.17, 15) is 10.2 Å². The van der Waals surface area contributed by atoms with E-state index in [0.29, 0.717) is 65.3 Å². The number of anilines is 1. The summed E-state index contributed by atoms with van der Waals surface area (Å²) in [5, 5.41) is 32.5. The Hall–Kier alpha value is -3.53. The number of aliphatic hydroxyl groups excluding tert-OH is 2. The van der Waals surface area contributed by atoms with Gasteiger partial charge in [0.15, 0.2) is 5.82 Å². The number of ether oxygens (including phenoxy) is 1. The van der Waals surface area contributed by atoms with E-state index in [1.54, 1.807) is 38.4 Å². The maximum atomic E-state index is 10.6. The van der Waals surface area contributed by atoms with E-state index in [2.05, 4.69) is 21.3 Å². The number of aliphatic hydroxyl groups is 2. The van der Waals surface area contributed by atoms with Gasteiger partial charge in [-0.15, -0.1) is 0 Å². The molecular weight excluding hydrogens is 504 g/mol. The topological polar surface area (TPSA) is 127 Å². The minimum absolute atomic E-state index is 0.0172. The second-order valence-corrected chi connectivity index (χ2v) is 9.67. The Morgan fingerprint density at radius 3 is 2.74 bits per heavy atom. The largest absolute Gasteiger partial charge is 0.512 e. The number of likely N-dealkylation sites (N-methyl/N-ethyl adjacent to an activating group) is 1. The van der Waals surface area contributed by atoms with Crippen LogP contribution in [0, 0.1) is 12.3 Å². The number of fused-ring (bicyclic) bond motifs is 1. The molecule has 0 unspecified atom stereocenters. The molecule has 9 nitrogen and oxygen atoms in total. The number of hydrogen-bond donors (Lipinski definition) is 4. The molecule has 0 spiro atoms. The number of nitrogens with zero attached hydrogens (tertiary/aromatic N) is 4. The van der Waals surface area contributed by atoms with Crippen LogP contribution < -0.4 is 15.0 Å². The van der Waals surface area contributed by atoms with E-state index in [4.69, 9.17) is 31.7 Å². The average Bonchev–Trinajstić information content (AvgIpc) is 3.33. The lowest BCUT2D eigenvalue weighted by Crippen LogP contribution is -2.29. The third-order valence-electron chi connectivity index (χ3n) is 6.42. The molecule has 2 aromatic heterocycles. The highest BCUT2D eigenvalue weighted by Crippen LogP contribution is 2.37. The van der Waals surface area contributed by atoms with Crippen molar-refractivity contribution >= 4 is 28.7 Å². The minimum Gasteiger partial charge on any atom is -0.512 e. The summed E-state index contributed by atoms with van der Waals surface area (Å²) in [6.07, 6.45) is 1.54. The number of allylic oxidation sites excluding steroid dienone is 2. The summed E-state index contributed by atoms with van der Waals surface area (Å²) >= 11 is 6.63. The van der Waals surface area contributed by atoms with Crippen LogP contribution >= 0.6 is 11.6 Å². The van der Waals surface area contributed by atoms with Crippen molar-refractivity contribution < 1.29 is 14.9 Å². The zero-order valence-electron chi connectivity index (χ0n) is 22.0. The molecule has 1 aromatic carbocycles. The van der Waals surface area contributed by atoms with Crippen LogP contribution in [0.3, 0.4) is 0 Å². The Morgan fingerprint density at radius 2 is 2.05 bits per heavy atom. The smallest absolute Gasteiger partial charge is 0.163 e. The quantitative estimate of drug-likeness (QED) is 0.217. The maximum absolute atomic E-state index is 10.6. The van der Waals surface area contributed by atoms with E-state index >= 15 is 0 Å². The van der Waals surface area contributed by atoms with Gasteiger partial charge < -0.3 is 30.6 Å². The number of halogens is 1. The molecule has 4 N–H and O–H groups in total. The van der Waals surface area contributed by atoms with E-state index < -0.39 is 6.10 Å². The first-order chi connectivity index (χ1) is 18.2. The number of hydrogen-bond acceptors (Lipinski definition) is 9. The molecule has 1 atom stereocenters. The number of benzene rings is 1. The molecule has 1 aliphatic rings. The van der Waals surface area contributed by atoms with Gasteiger partial charge in [-0.2, -0.15) is 0 Å². The number of nitrogens with one attached hydrogen (secondary N) is 2. The van der Waals surface area contributed by atoms with Crippen molar-refractivity contribution in [2.75, 3.05) is 25.1 Å². The van der Waals surface area contributed by atoms with Crippen LogP contribution in [0.15, 0.2) is 42.3 Å². The first-order valence-electron chi connectivity index (χ1n) is 12.5. The van der Waals surface area contributed by atoms with Gasteiger partial charge in [0.05, 0.1) is 28.5 Å². The van der Waals surface area contributed by atoms with Crippen LogP contribution in [0.1, 0.15) is 42.8 Å². The highest BCUT2D eigenvalue weighted by molar-refractivity contribution is 6.33. The normalized spacial score (nSPS) is 14.2. The highest BCUT2D eigenvalue weighted by Gasteiger charge is 2.27. The van der Waals surface area contributed by atoms with Crippen molar-refractivity contribution in [1.82, 2.24) is 20.3 Å². The second kappa shape index (κ2) is 11.9. The molecule has 0 amide bonds. The lowest BCUT2D eigenvalue weighted by molar-refractivity contribution is 0.108. The van der Waals surface area contributed by atoms with Gasteiger partial charge in [-0.1, -0.05) is 24.6 Å². The summed E-state index contributed by atoms with van der Waals surface area (Å²) in [5.41, 5.74) is 4.53. The van der Waals surface area contributed by atoms with Gasteiger partial charge in [-0.25, -0.2) is 9.97 Å². The summed E-state index contributed by atoms with van der Waals surface area (Å²) in [5.74, 6) is 1.56. The van der Waals surface area contributed by atoms with Crippen molar-refractivity contribution in [2.45, 2.75) is 46.4 Å². The zero-order chi connectivity index (χ0) is 27.4. The molecule has 0 fully saturated rings. The van der Waals surface area contributed by atoms with E-state index in [1.807, 2.05) is 19.9 Å². The van der Waals surface area contributed by atoms with Crippen molar-refractivity contribution in [3.05, 3.63) is 69.8 Å². The number of pyridine rings is 1. The van der Waals surface area contributed by atoms with Crippen molar-refractivity contribution in [3.8, 4) is 17.1 Å². The van der Waals surface area contributed by atoms with E-state index in [1.165, 1.54) is 0 Å². The summed E-state index contributed by atoms with van der Waals surface area (Å²) in [6.45, 7) is 7.05. The first-order valence-corrected chi connectivity index (χ1v) is 12.9. The van der Waals surface area contributed by atoms with Crippen LogP contribution in [0.4, 0.5) is 5.82 Å². The molecule has 4 rings (SSSR count). The molecule has 10 heteroatoms. The maximum Gasteiger partial charge on any atom is 0.163 e. The summed E-state index contributed by atoms with van der Waals surface area (Å²) in [7, 11) is 1.76. The Kier molecular flexibility index (Phi) is 8.61. The molecule has 3 heterocycles. The van der Waals surface area contributed by atoms with Gasteiger partial charge in [0.2, 0.25) is 0 Å². The summed E-state index contributed by atoms with van der Waals surface area (Å²) in [6, 6.07) is 9.15. The second-order valence-electron chi connectivity index (χ2n) is 9.27. The third kappa shape index (κ3) is 5.80. The minimum atomic E-state index is -0.668. The molecule has 1 aliphatic heterocycles. The third-order valence-corrected chi connectivity index (χ3v) is 6.75. The Bertz CT molecular complexity index is 1350. The number of rotatable bonds is 10. The van der Waals surface area contributed by atoms with E-state index in [-0.39, 0.29) is 18.1 Å². The van der Waals surface area contributed by atoms with Crippen LogP contribution in [0.25, 0.3) is 17.0 Å². The summed E-state index contributed by atoms with van der Waals surface area (Å²) in [4.78, 5) is 16.4. The van der Waals surface area contributed by atoms with Crippen molar-refractivity contribution in [3.63, 3.8) is 0 Å². The van der Waals surface area contributed by atoms with Gasteiger partial charge in [0.25, 0.3) is 0 Å². The van der Waals surface area contributed by atoms with Crippen LogP contribution in [-0.2, 0) is 13.1 Å². The Balaban J connectivity index is 1.83. The molecule has 0 aliphatic carbocycles. The Labute approximate surface area is 227 Å². The fraction of sp³-hybridized carbons (Fsp3) is 0.357.